The van der Waals surface area contributed by atoms with Gasteiger partial charge >= 0.3 is 6.09 Å². The van der Waals surface area contributed by atoms with E-state index in [4.69, 9.17) is 9.47 Å². The third-order valence-electron chi connectivity index (χ3n) is 6.57. The lowest BCUT2D eigenvalue weighted by Crippen LogP contribution is -2.40. The smallest absolute Gasteiger partial charge is 0.410 e. The lowest BCUT2D eigenvalue weighted by Gasteiger charge is -2.30. The highest BCUT2D eigenvalue weighted by Gasteiger charge is 2.25. The molecule has 0 aliphatic heterocycles. The Kier molecular flexibility index (Phi) is 7.91. The van der Waals surface area contributed by atoms with E-state index in [0.717, 1.165) is 44.5 Å². The van der Waals surface area contributed by atoms with Gasteiger partial charge in [-0.05, 0) is 88.1 Å². The fourth-order valence-corrected chi connectivity index (χ4v) is 4.43. The fourth-order valence-electron chi connectivity index (χ4n) is 4.43. The predicted molar refractivity (Wildman–Crippen MR) is 151 cm³/mol. The molecule has 39 heavy (non-hydrogen) atoms. The van der Waals surface area contributed by atoms with Crippen molar-refractivity contribution in [3.05, 3.63) is 77.2 Å². The van der Waals surface area contributed by atoms with Gasteiger partial charge in [0, 0.05) is 29.4 Å². The molecule has 2 heterocycles. The van der Waals surface area contributed by atoms with Crippen molar-refractivity contribution in [3.8, 4) is 22.9 Å². The van der Waals surface area contributed by atoms with Crippen LogP contribution >= 0.6 is 0 Å². The van der Waals surface area contributed by atoms with Gasteiger partial charge in [0.05, 0.1) is 25.7 Å². The number of carbonyl (C=O) groups is 1. The summed E-state index contributed by atoms with van der Waals surface area (Å²) in [6.45, 7) is 12.5. The summed E-state index contributed by atoms with van der Waals surface area (Å²) in [5.41, 5.74) is 5.55. The Balaban J connectivity index is 1.67. The van der Waals surface area contributed by atoms with Crippen molar-refractivity contribution < 1.29 is 14.3 Å². The molecule has 2 aromatic carbocycles. The molecule has 0 fully saturated rings. The highest BCUT2D eigenvalue weighted by molar-refractivity contribution is 5.89. The minimum absolute atomic E-state index is 0.0472. The highest BCUT2D eigenvalue weighted by Crippen LogP contribution is 2.30. The van der Waals surface area contributed by atoms with Crippen LogP contribution in [0.3, 0.4) is 0 Å². The van der Waals surface area contributed by atoms with Crippen molar-refractivity contribution in [2.24, 2.45) is 0 Å². The zero-order chi connectivity index (χ0) is 28.3. The van der Waals surface area contributed by atoms with Crippen molar-refractivity contribution in [1.29, 1.82) is 5.26 Å². The quantitative estimate of drug-likeness (QED) is 0.274. The summed E-state index contributed by atoms with van der Waals surface area (Å²) in [6, 6.07) is 16.0. The third kappa shape index (κ3) is 6.20. The maximum atomic E-state index is 12.9. The van der Waals surface area contributed by atoms with Gasteiger partial charge in [-0.1, -0.05) is 18.2 Å². The van der Waals surface area contributed by atoms with Crippen molar-refractivity contribution in [1.82, 2.24) is 19.7 Å². The largest absolute Gasteiger partial charge is 0.497 e. The summed E-state index contributed by atoms with van der Waals surface area (Å²) in [5, 5.41) is 15.2. The molecule has 0 atom stereocenters. The van der Waals surface area contributed by atoms with Crippen LogP contribution in [0, 0.1) is 18.3 Å². The first-order valence-electron chi connectivity index (χ1n) is 13.0. The Hall–Kier alpha value is -4.38. The number of nitriles is 1. The summed E-state index contributed by atoms with van der Waals surface area (Å²) in [6.07, 6.45) is 3.26. The molecule has 8 nitrogen and oxygen atoms in total. The number of hydrogen-bond acceptors (Lipinski definition) is 6. The van der Waals surface area contributed by atoms with Crippen LogP contribution in [0.2, 0.25) is 0 Å². The number of methoxy groups -OCH3 is 1. The molecule has 0 saturated heterocycles. The fraction of sp³-hybridized carbons (Fsp3) is 0.355. The van der Waals surface area contributed by atoms with Gasteiger partial charge in [0.15, 0.2) is 5.69 Å². The first-order valence-corrected chi connectivity index (χ1v) is 13.0. The van der Waals surface area contributed by atoms with Gasteiger partial charge in [-0.3, -0.25) is 9.67 Å². The topological polar surface area (TPSA) is 93.3 Å². The number of nitrogens with zero attached hydrogens (tertiary/aromatic N) is 5. The van der Waals surface area contributed by atoms with Crippen molar-refractivity contribution in [3.63, 3.8) is 0 Å². The molecule has 0 radical (unpaired) electrons. The molecule has 1 amide bonds. The first kappa shape index (κ1) is 27.6. The lowest BCUT2D eigenvalue weighted by atomic mass is 9.97. The van der Waals surface area contributed by atoms with Gasteiger partial charge < -0.3 is 14.4 Å². The average molecular weight is 526 g/mol. The molecule has 0 unspecified atom stereocenters. The van der Waals surface area contributed by atoms with Crippen LogP contribution in [0.5, 0.6) is 5.75 Å². The van der Waals surface area contributed by atoms with Gasteiger partial charge in [-0.15, -0.1) is 0 Å². The number of fused-ring (bicyclic) bond motifs is 1. The zero-order valence-corrected chi connectivity index (χ0v) is 23.6. The van der Waals surface area contributed by atoms with Crippen LogP contribution in [0.15, 0.2) is 54.9 Å². The van der Waals surface area contributed by atoms with Crippen molar-refractivity contribution in [2.45, 2.75) is 66.3 Å². The van der Waals surface area contributed by atoms with E-state index in [1.807, 2.05) is 94.9 Å². The van der Waals surface area contributed by atoms with E-state index in [1.54, 1.807) is 18.2 Å². The second-order valence-electron chi connectivity index (χ2n) is 10.9. The predicted octanol–water partition coefficient (Wildman–Crippen LogP) is 6.48. The third-order valence-corrected chi connectivity index (χ3v) is 6.57. The second kappa shape index (κ2) is 11.2. The molecule has 0 spiro atoms. The molecule has 4 aromatic rings. The summed E-state index contributed by atoms with van der Waals surface area (Å²) >= 11 is 0. The highest BCUT2D eigenvalue weighted by atomic mass is 16.6. The molecular weight excluding hydrogens is 490 g/mol. The molecule has 0 bridgehead atoms. The molecule has 0 saturated carbocycles. The SMILES string of the molecule is COc1ccc(Cn2nc(C#N)c3cc(-c4cncc(CN(C(=O)OC(C)(C)C)C(C)C)c4C)ccc32)cc1. The molecular formula is C31H35N5O3. The van der Waals surface area contributed by atoms with Crippen molar-refractivity contribution in [2.75, 3.05) is 7.11 Å². The van der Waals surface area contributed by atoms with E-state index < -0.39 is 5.60 Å². The van der Waals surface area contributed by atoms with Gasteiger partial charge in [-0.2, -0.15) is 10.4 Å². The van der Waals surface area contributed by atoms with Crippen LogP contribution in [0.1, 0.15) is 57.0 Å². The van der Waals surface area contributed by atoms with E-state index in [2.05, 4.69) is 16.2 Å². The maximum Gasteiger partial charge on any atom is 0.410 e. The molecule has 4 rings (SSSR count). The Morgan fingerprint density at radius 3 is 2.46 bits per heavy atom. The minimum Gasteiger partial charge on any atom is -0.497 e. The number of hydrogen-bond donors (Lipinski definition) is 0. The number of benzene rings is 2. The van der Waals surface area contributed by atoms with E-state index in [0.29, 0.717) is 18.8 Å². The molecule has 8 heteroatoms. The monoisotopic (exact) mass is 525 g/mol. The molecule has 0 aliphatic carbocycles. The van der Waals surface area contributed by atoms with E-state index in [9.17, 15) is 10.1 Å². The van der Waals surface area contributed by atoms with E-state index in [-0.39, 0.29) is 12.1 Å². The number of amides is 1. The van der Waals surface area contributed by atoms with Gasteiger partial charge in [-0.25, -0.2) is 4.79 Å². The molecule has 202 valence electrons. The Bertz CT molecular complexity index is 1530. The van der Waals surface area contributed by atoms with Crippen LogP contribution in [0.25, 0.3) is 22.0 Å². The number of rotatable bonds is 7. The standard InChI is InChI=1S/C31H35N5O3/c1-20(2)35(30(37)39-31(4,5)6)19-24-16-33-17-27(21(24)3)23-10-13-29-26(14-23)28(15-32)34-36(29)18-22-8-11-25(38-7)12-9-22/h8-14,16-17,20H,18-19H2,1-7H3. The number of pyridine rings is 1. The molecule has 0 aliphatic rings. The van der Waals surface area contributed by atoms with Crippen LogP contribution < -0.4 is 4.74 Å². The van der Waals surface area contributed by atoms with Gasteiger partial charge in [0.1, 0.15) is 17.4 Å². The van der Waals surface area contributed by atoms with Crippen molar-refractivity contribution >= 4 is 17.0 Å². The van der Waals surface area contributed by atoms with E-state index >= 15 is 0 Å². The lowest BCUT2D eigenvalue weighted by molar-refractivity contribution is 0.0171. The van der Waals surface area contributed by atoms with E-state index in [1.165, 1.54) is 0 Å². The molecule has 0 N–H and O–H groups in total. The van der Waals surface area contributed by atoms with Gasteiger partial charge in [0.25, 0.3) is 0 Å². The van der Waals surface area contributed by atoms with Gasteiger partial charge in [0.2, 0.25) is 0 Å². The van der Waals surface area contributed by atoms with Crippen LogP contribution in [0.4, 0.5) is 4.79 Å². The summed E-state index contributed by atoms with van der Waals surface area (Å²) < 4.78 is 12.7. The Labute approximate surface area is 229 Å². The average Bonchev–Trinajstić information content (AvgIpc) is 3.23. The summed E-state index contributed by atoms with van der Waals surface area (Å²) in [5.74, 6) is 0.792. The first-order chi connectivity index (χ1) is 18.5. The second-order valence-corrected chi connectivity index (χ2v) is 10.9. The zero-order valence-electron chi connectivity index (χ0n) is 23.6. The minimum atomic E-state index is -0.578. The molecule has 2 aromatic heterocycles. The summed E-state index contributed by atoms with van der Waals surface area (Å²) in [7, 11) is 1.64. The van der Waals surface area contributed by atoms with Crippen LogP contribution in [-0.2, 0) is 17.8 Å². The number of carbonyl (C=O) groups excluding carboxylic acids is 1. The number of ether oxygens (including phenoxy) is 2. The Morgan fingerprint density at radius 1 is 1.13 bits per heavy atom. The number of aromatic nitrogens is 3. The Morgan fingerprint density at radius 2 is 1.85 bits per heavy atom. The summed E-state index contributed by atoms with van der Waals surface area (Å²) in [4.78, 5) is 19.1. The normalized spacial score (nSPS) is 11.5. The van der Waals surface area contributed by atoms with Crippen LogP contribution in [-0.4, -0.2) is 44.5 Å². The maximum absolute atomic E-state index is 12.9.